The van der Waals surface area contributed by atoms with Gasteiger partial charge >= 0.3 is 154 Å². The van der Waals surface area contributed by atoms with Crippen LogP contribution in [0.15, 0.2) is 42.5 Å². The Balaban J connectivity index is 0. The van der Waals surface area contributed by atoms with Crippen LogP contribution in [0.4, 0.5) is 0 Å². The Morgan fingerprint density at radius 1 is 0.920 bits per heavy atom. The zero-order valence-electron chi connectivity index (χ0n) is 15.2. The summed E-state index contributed by atoms with van der Waals surface area (Å²) < 4.78 is 8.55. The van der Waals surface area contributed by atoms with E-state index in [0.29, 0.717) is 0 Å². The summed E-state index contributed by atoms with van der Waals surface area (Å²) in [5, 5.41) is 2.69. The average Bonchev–Trinajstić information content (AvgIpc) is 2.82. The molecule has 1 aromatic heterocycles. The van der Waals surface area contributed by atoms with Crippen LogP contribution in [0.3, 0.4) is 0 Å². The number of hydrogen-bond donors (Lipinski definition) is 1. The van der Waals surface area contributed by atoms with Gasteiger partial charge in [0.1, 0.15) is 0 Å². The first-order valence-electron chi connectivity index (χ1n) is 7.11. The Hall–Kier alpha value is 3.26. The number of aryl methyl sites for hydroxylation is 1. The molecule has 2 aromatic carbocycles. The number of unbranched alkanes of at least 4 members (excludes halogenated alkanes) is 1. The summed E-state index contributed by atoms with van der Waals surface area (Å²) in [4.78, 5) is 29.2. The fraction of sp³-hybridized carbons (Fsp3) is 0.250. The minimum Gasteiger partial charge on any atom is -0.822 e. The van der Waals surface area contributed by atoms with Crippen LogP contribution in [0.2, 0.25) is 0 Å². The molecule has 1 heterocycles. The van der Waals surface area contributed by atoms with Crippen LogP contribution >= 0.6 is 7.82 Å². The standard InChI is InChI=1S/C16H17N.3K.H3O4P/c1-2-3-7-12-8-6-10-14-13-9-4-5-11-15(13)17-16(12)14;;;;1-5(2,3)4/h4-6,8-11,17H,2-3,7H2,1H3;;;;(H3,1,2,3,4)/q;3*+1;/p-3. The van der Waals surface area contributed by atoms with Crippen LogP contribution < -0.4 is 169 Å². The molecular formula is C16H17K3NO4P. The van der Waals surface area contributed by atoms with Crippen molar-refractivity contribution in [2.24, 2.45) is 0 Å². The molecule has 3 rings (SSSR count). The van der Waals surface area contributed by atoms with Crippen molar-refractivity contribution in [2.45, 2.75) is 26.2 Å². The van der Waals surface area contributed by atoms with Gasteiger partial charge in [-0.1, -0.05) is 49.7 Å². The smallest absolute Gasteiger partial charge is 0.822 e. The molecule has 25 heavy (non-hydrogen) atoms. The Labute approximate surface area is 275 Å². The molecule has 0 saturated heterocycles. The van der Waals surface area contributed by atoms with Crippen molar-refractivity contribution >= 4 is 29.6 Å². The van der Waals surface area contributed by atoms with Crippen LogP contribution in [-0.4, -0.2) is 4.98 Å². The SMILES string of the molecule is CCCCc1cccc2c1[nH]c1ccccc12.O=P([O-])([O-])[O-].[K+].[K+].[K+]. The van der Waals surface area contributed by atoms with Crippen LogP contribution in [-0.2, 0) is 11.0 Å². The molecule has 0 amide bonds. The van der Waals surface area contributed by atoms with E-state index in [9.17, 15) is 0 Å². The number of nitrogens with one attached hydrogen (secondary N) is 1. The Morgan fingerprint density at radius 2 is 1.48 bits per heavy atom. The number of aromatic amines is 1. The summed E-state index contributed by atoms with van der Waals surface area (Å²) in [7, 11) is -5.39. The van der Waals surface area contributed by atoms with Gasteiger partial charge in [0.2, 0.25) is 0 Å². The summed E-state index contributed by atoms with van der Waals surface area (Å²) in [6.45, 7) is 2.24. The first-order valence-corrected chi connectivity index (χ1v) is 8.57. The number of benzene rings is 2. The fourth-order valence-corrected chi connectivity index (χ4v) is 2.51. The quantitative estimate of drug-likeness (QED) is 0.326. The Bertz CT molecular complexity index is 811. The molecule has 0 radical (unpaired) electrons. The zero-order chi connectivity index (χ0) is 16.2. The van der Waals surface area contributed by atoms with Gasteiger partial charge in [0, 0.05) is 21.8 Å². The minimum absolute atomic E-state index is 0. The van der Waals surface area contributed by atoms with Crippen molar-refractivity contribution < 1.29 is 173 Å². The molecule has 0 saturated carbocycles. The van der Waals surface area contributed by atoms with Gasteiger partial charge in [-0.15, -0.1) is 0 Å². The molecule has 0 unspecified atom stereocenters. The van der Waals surface area contributed by atoms with Crippen molar-refractivity contribution in [1.29, 1.82) is 0 Å². The molecule has 118 valence electrons. The third kappa shape index (κ3) is 10.7. The van der Waals surface area contributed by atoms with E-state index in [1.807, 2.05) is 0 Å². The molecule has 1 N–H and O–H groups in total. The van der Waals surface area contributed by atoms with Gasteiger partial charge in [0.05, 0.1) is 0 Å². The van der Waals surface area contributed by atoms with Gasteiger partial charge in [-0.3, -0.25) is 0 Å². The van der Waals surface area contributed by atoms with Gasteiger partial charge in [-0.2, -0.15) is 7.82 Å². The number of aromatic nitrogens is 1. The van der Waals surface area contributed by atoms with Gasteiger partial charge in [0.25, 0.3) is 0 Å². The van der Waals surface area contributed by atoms with Crippen LogP contribution in [0.5, 0.6) is 0 Å². The maximum absolute atomic E-state index is 8.55. The summed E-state index contributed by atoms with van der Waals surface area (Å²) in [6.07, 6.45) is 3.67. The number of hydrogen-bond acceptors (Lipinski definition) is 4. The van der Waals surface area contributed by atoms with Gasteiger partial charge in [-0.25, -0.2) is 0 Å². The van der Waals surface area contributed by atoms with Crippen LogP contribution in [0.25, 0.3) is 21.8 Å². The third-order valence-electron chi connectivity index (χ3n) is 3.43. The topological polar surface area (TPSA) is 102 Å². The van der Waals surface area contributed by atoms with E-state index in [1.165, 1.54) is 46.6 Å². The van der Waals surface area contributed by atoms with E-state index >= 15 is 0 Å². The second-order valence-corrected chi connectivity index (χ2v) is 5.96. The second-order valence-electron chi connectivity index (χ2n) is 5.06. The fourth-order valence-electron chi connectivity index (χ4n) is 2.51. The number of para-hydroxylation sites is 2. The van der Waals surface area contributed by atoms with E-state index in [2.05, 4.69) is 54.4 Å². The van der Waals surface area contributed by atoms with Gasteiger partial charge < -0.3 is 24.2 Å². The molecule has 0 fully saturated rings. The second kappa shape index (κ2) is 15.1. The first kappa shape index (κ1) is 30.5. The number of phosphoric acid groups is 1. The van der Waals surface area contributed by atoms with E-state index in [0.717, 1.165) is 0 Å². The van der Waals surface area contributed by atoms with Crippen LogP contribution in [0.1, 0.15) is 25.3 Å². The van der Waals surface area contributed by atoms with Crippen LogP contribution in [0, 0.1) is 0 Å². The molecule has 0 aliphatic heterocycles. The molecule has 0 bridgehead atoms. The number of rotatable bonds is 3. The van der Waals surface area contributed by atoms with E-state index in [-0.39, 0.29) is 154 Å². The van der Waals surface area contributed by atoms with E-state index < -0.39 is 7.82 Å². The normalized spacial score (nSPS) is 10.1. The monoisotopic (exact) mass is 435 g/mol. The minimum atomic E-state index is -5.39. The van der Waals surface area contributed by atoms with Crippen molar-refractivity contribution in [2.75, 3.05) is 0 Å². The van der Waals surface area contributed by atoms with Crippen molar-refractivity contribution in [3.8, 4) is 0 Å². The summed E-state index contributed by atoms with van der Waals surface area (Å²) in [5.41, 5.74) is 4.01. The third-order valence-corrected chi connectivity index (χ3v) is 3.43. The van der Waals surface area contributed by atoms with E-state index in [4.69, 9.17) is 19.2 Å². The molecule has 3 aromatic rings. The summed E-state index contributed by atoms with van der Waals surface area (Å²) in [6, 6.07) is 15.2. The van der Waals surface area contributed by atoms with Crippen molar-refractivity contribution in [3.63, 3.8) is 0 Å². The van der Waals surface area contributed by atoms with Gasteiger partial charge in [0.15, 0.2) is 0 Å². The zero-order valence-corrected chi connectivity index (χ0v) is 25.5. The maximum atomic E-state index is 8.55. The number of fused-ring (bicyclic) bond motifs is 3. The molecule has 0 aliphatic rings. The first-order chi connectivity index (χ1) is 10.4. The average molecular weight is 436 g/mol. The maximum Gasteiger partial charge on any atom is 1.00 e. The molecule has 0 spiro atoms. The van der Waals surface area contributed by atoms with Crippen molar-refractivity contribution in [1.82, 2.24) is 4.98 Å². The number of H-pyrrole nitrogens is 1. The largest absolute Gasteiger partial charge is 1.00 e. The molecule has 0 aliphatic carbocycles. The summed E-state index contributed by atoms with van der Waals surface area (Å²) >= 11 is 0. The van der Waals surface area contributed by atoms with Gasteiger partial charge in [-0.05, 0) is 24.5 Å². The predicted molar refractivity (Wildman–Crippen MR) is 82.0 cm³/mol. The van der Waals surface area contributed by atoms with E-state index in [1.54, 1.807) is 0 Å². The Kier molecular flexibility index (Phi) is 18.4. The molecule has 5 nitrogen and oxygen atoms in total. The molecule has 0 atom stereocenters. The summed E-state index contributed by atoms with van der Waals surface area (Å²) in [5.74, 6) is 0. The molecular weight excluding hydrogens is 418 g/mol. The predicted octanol–water partition coefficient (Wildman–Crippen LogP) is -7.15. The molecule has 9 heteroatoms. The Morgan fingerprint density at radius 3 is 2.08 bits per heavy atom. The van der Waals surface area contributed by atoms with Crippen molar-refractivity contribution in [3.05, 3.63) is 48.0 Å².